The SMILES string of the molecule is C/C=C\n1cnn(CC(C)(C)C)c1=O. The molecule has 1 aromatic heterocycles. The highest BCUT2D eigenvalue weighted by atomic mass is 16.2. The van der Waals surface area contributed by atoms with Crippen LogP contribution in [0.3, 0.4) is 0 Å². The third-order valence-corrected chi connectivity index (χ3v) is 1.69. The summed E-state index contributed by atoms with van der Waals surface area (Å²) in [5.74, 6) is 0. The lowest BCUT2D eigenvalue weighted by Gasteiger charge is -2.16. The Hall–Kier alpha value is -1.32. The van der Waals surface area contributed by atoms with Crippen molar-refractivity contribution >= 4 is 6.20 Å². The largest absolute Gasteiger partial charge is 0.349 e. The van der Waals surface area contributed by atoms with E-state index in [0.717, 1.165) is 0 Å². The molecule has 0 radical (unpaired) electrons. The highest BCUT2D eigenvalue weighted by molar-refractivity contribution is 5.18. The molecule has 0 saturated heterocycles. The Balaban J connectivity index is 2.97. The van der Waals surface area contributed by atoms with Gasteiger partial charge in [0.05, 0.1) is 6.54 Å². The van der Waals surface area contributed by atoms with E-state index in [-0.39, 0.29) is 11.1 Å². The molecule has 14 heavy (non-hydrogen) atoms. The number of hydrogen-bond donors (Lipinski definition) is 0. The Morgan fingerprint density at radius 1 is 1.50 bits per heavy atom. The summed E-state index contributed by atoms with van der Waals surface area (Å²) in [6.45, 7) is 8.74. The van der Waals surface area contributed by atoms with E-state index in [2.05, 4.69) is 25.9 Å². The zero-order chi connectivity index (χ0) is 10.8. The van der Waals surface area contributed by atoms with Crippen molar-refractivity contribution in [3.63, 3.8) is 0 Å². The Morgan fingerprint density at radius 2 is 2.14 bits per heavy atom. The predicted octanol–water partition coefficient (Wildman–Crippen LogP) is 1.58. The first-order valence-corrected chi connectivity index (χ1v) is 4.71. The van der Waals surface area contributed by atoms with Gasteiger partial charge < -0.3 is 0 Å². The van der Waals surface area contributed by atoms with Gasteiger partial charge in [0.1, 0.15) is 6.33 Å². The van der Waals surface area contributed by atoms with E-state index in [1.807, 2.05) is 13.0 Å². The van der Waals surface area contributed by atoms with Gasteiger partial charge in [0.2, 0.25) is 0 Å². The molecule has 1 aromatic rings. The minimum absolute atomic E-state index is 0.0684. The maximum absolute atomic E-state index is 11.6. The van der Waals surface area contributed by atoms with Crippen molar-refractivity contribution in [3.8, 4) is 0 Å². The zero-order valence-electron chi connectivity index (χ0n) is 9.19. The van der Waals surface area contributed by atoms with Crippen molar-refractivity contribution in [2.45, 2.75) is 34.2 Å². The van der Waals surface area contributed by atoms with E-state index in [1.165, 1.54) is 15.6 Å². The second-order valence-electron chi connectivity index (χ2n) is 4.52. The van der Waals surface area contributed by atoms with Crippen molar-refractivity contribution in [1.29, 1.82) is 0 Å². The zero-order valence-corrected chi connectivity index (χ0v) is 9.19. The second-order valence-corrected chi connectivity index (χ2v) is 4.52. The van der Waals surface area contributed by atoms with Gasteiger partial charge in [-0.25, -0.2) is 9.48 Å². The molecule has 0 aliphatic heterocycles. The summed E-state index contributed by atoms with van der Waals surface area (Å²) in [5.41, 5.74) is -0.0168. The molecule has 0 fully saturated rings. The van der Waals surface area contributed by atoms with Crippen LogP contribution in [0.5, 0.6) is 0 Å². The molecule has 0 spiro atoms. The van der Waals surface area contributed by atoms with Crippen LogP contribution in [-0.4, -0.2) is 14.3 Å². The molecule has 0 amide bonds. The van der Waals surface area contributed by atoms with Gasteiger partial charge in [0.15, 0.2) is 0 Å². The van der Waals surface area contributed by atoms with Gasteiger partial charge in [-0.3, -0.25) is 4.57 Å². The Kier molecular flexibility index (Phi) is 2.93. The van der Waals surface area contributed by atoms with Gasteiger partial charge in [0, 0.05) is 6.20 Å². The molecule has 0 N–H and O–H groups in total. The third-order valence-electron chi connectivity index (χ3n) is 1.69. The normalized spacial score (nSPS) is 12.6. The van der Waals surface area contributed by atoms with Gasteiger partial charge >= 0.3 is 5.69 Å². The molecular formula is C10H17N3O. The summed E-state index contributed by atoms with van der Waals surface area (Å²) in [4.78, 5) is 11.6. The fourth-order valence-electron chi connectivity index (χ4n) is 1.17. The second kappa shape index (κ2) is 3.82. The lowest BCUT2D eigenvalue weighted by molar-refractivity contribution is 0.319. The van der Waals surface area contributed by atoms with Crippen molar-refractivity contribution in [3.05, 3.63) is 22.9 Å². The summed E-state index contributed by atoms with van der Waals surface area (Å²) >= 11 is 0. The number of hydrogen-bond acceptors (Lipinski definition) is 2. The van der Waals surface area contributed by atoms with E-state index in [0.29, 0.717) is 6.54 Å². The van der Waals surface area contributed by atoms with Gasteiger partial charge in [0.25, 0.3) is 0 Å². The minimum Gasteiger partial charge on any atom is -0.257 e. The molecular weight excluding hydrogens is 178 g/mol. The molecule has 1 rings (SSSR count). The topological polar surface area (TPSA) is 39.8 Å². The average molecular weight is 195 g/mol. The molecule has 0 aliphatic rings. The van der Waals surface area contributed by atoms with Crippen LogP contribution < -0.4 is 5.69 Å². The van der Waals surface area contributed by atoms with E-state index in [9.17, 15) is 4.79 Å². The van der Waals surface area contributed by atoms with Crippen molar-refractivity contribution < 1.29 is 0 Å². The highest BCUT2D eigenvalue weighted by Crippen LogP contribution is 2.13. The van der Waals surface area contributed by atoms with Crippen LogP contribution in [-0.2, 0) is 6.54 Å². The number of aromatic nitrogens is 3. The minimum atomic E-state index is -0.0852. The number of rotatable bonds is 2. The van der Waals surface area contributed by atoms with Crippen LogP contribution in [0.4, 0.5) is 0 Å². The van der Waals surface area contributed by atoms with Gasteiger partial charge in [-0.1, -0.05) is 26.8 Å². The molecule has 0 bridgehead atoms. The van der Waals surface area contributed by atoms with Crippen molar-refractivity contribution in [2.75, 3.05) is 0 Å². The van der Waals surface area contributed by atoms with E-state index in [4.69, 9.17) is 0 Å². The average Bonchev–Trinajstić information content (AvgIpc) is 2.34. The van der Waals surface area contributed by atoms with Crippen LogP contribution in [0.15, 0.2) is 17.2 Å². The maximum Gasteiger partial charge on any atom is 0.349 e. The molecule has 0 saturated carbocycles. The fraction of sp³-hybridized carbons (Fsp3) is 0.600. The van der Waals surface area contributed by atoms with Crippen molar-refractivity contribution in [2.24, 2.45) is 5.41 Å². The standard InChI is InChI=1S/C10H17N3O/c1-5-6-12-8-11-13(9(12)14)7-10(2,3)4/h5-6,8H,7H2,1-4H3/b6-5-. The van der Waals surface area contributed by atoms with E-state index in [1.54, 1.807) is 6.20 Å². The lowest BCUT2D eigenvalue weighted by Crippen LogP contribution is -2.28. The lowest BCUT2D eigenvalue weighted by atomic mass is 9.97. The molecule has 0 unspecified atom stereocenters. The quantitative estimate of drug-likeness (QED) is 0.718. The van der Waals surface area contributed by atoms with Gasteiger partial charge in [-0.05, 0) is 12.3 Å². The summed E-state index contributed by atoms with van der Waals surface area (Å²) in [6, 6.07) is 0. The summed E-state index contributed by atoms with van der Waals surface area (Å²) in [7, 11) is 0. The van der Waals surface area contributed by atoms with Crippen LogP contribution in [0.1, 0.15) is 27.7 Å². The first-order valence-electron chi connectivity index (χ1n) is 4.71. The fourth-order valence-corrected chi connectivity index (χ4v) is 1.17. The summed E-state index contributed by atoms with van der Waals surface area (Å²) in [5, 5.41) is 4.04. The summed E-state index contributed by atoms with van der Waals surface area (Å²) in [6.07, 6.45) is 5.05. The molecule has 78 valence electrons. The maximum atomic E-state index is 11.6. The van der Waals surface area contributed by atoms with E-state index >= 15 is 0 Å². The smallest absolute Gasteiger partial charge is 0.257 e. The monoisotopic (exact) mass is 195 g/mol. The molecule has 1 heterocycles. The molecule has 4 nitrogen and oxygen atoms in total. The number of nitrogens with zero attached hydrogens (tertiary/aromatic N) is 3. The van der Waals surface area contributed by atoms with Crippen LogP contribution in [0.2, 0.25) is 0 Å². The van der Waals surface area contributed by atoms with Crippen LogP contribution in [0.25, 0.3) is 6.20 Å². The first-order chi connectivity index (χ1) is 6.44. The van der Waals surface area contributed by atoms with Gasteiger partial charge in [-0.2, -0.15) is 5.10 Å². The Morgan fingerprint density at radius 3 is 2.64 bits per heavy atom. The molecule has 0 aromatic carbocycles. The molecule has 0 aliphatic carbocycles. The van der Waals surface area contributed by atoms with Gasteiger partial charge in [-0.15, -0.1) is 0 Å². The Labute approximate surface area is 83.9 Å². The summed E-state index contributed by atoms with van der Waals surface area (Å²) < 4.78 is 2.96. The Bertz CT molecular complexity index is 379. The molecule has 0 atom stereocenters. The van der Waals surface area contributed by atoms with Crippen molar-refractivity contribution in [1.82, 2.24) is 14.3 Å². The molecule has 4 heteroatoms. The first kappa shape index (κ1) is 10.8. The van der Waals surface area contributed by atoms with E-state index < -0.39 is 0 Å². The number of allylic oxidation sites excluding steroid dienone is 1. The highest BCUT2D eigenvalue weighted by Gasteiger charge is 2.14. The van der Waals surface area contributed by atoms with Crippen LogP contribution in [0, 0.1) is 5.41 Å². The predicted molar refractivity (Wildman–Crippen MR) is 56.9 cm³/mol. The third kappa shape index (κ3) is 2.58. The van der Waals surface area contributed by atoms with Crippen LogP contribution >= 0.6 is 0 Å².